The Morgan fingerprint density at radius 1 is 1.60 bits per heavy atom. The number of nitrogens with one attached hydrogen (secondary N) is 1. The highest BCUT2D eigenvalue weighted by Gasteiger charge is 2.05. The smallest absolute Gasteiger partial charge is 0.107 e. The Labute approximate surface area is 96.1 Å². The van der Waals surface area contributed by atoms with Gasteiger partial charge in [0.05, 0.1) is 0 Å². The molecule has 0 aliphatic heterocycles. The maximum Gasteiger partial charge on any atom is 0.107 e. The normalized spacial score (nSPS) is 13.0. The van der Waals surface area contributed by atoms with Gasteiger partial charge in [-0.1, -0.05) is 13.3 Å². The summed E-state index contributed by atoms with van der Waals surface area (Å²) in [7, 11) is 0. The van der Waals surface area contributed by atoms with Crippen molar-refractivity contribution in [3.8, 4) is 0 Å². The molecule has 0 amide bonds. The Bertz CT molecular complexity index is 273. The van der Waals surface area contributed by atoms with Crippen molar-refractivity contribution in [3.05, 3.63) is 16.1 Å². The molecule has 4 heteroatoms. The molecule has 0 fully saturated rings. The number of thiazole rings is 1. The minimum Gasteiger partial charge on any atom is -0.330 e. The lowest BCUT2D eigenvalue weighted by Gasteiger charge is -2.13. The second kappa shape index (κ2) is 6.93. The van der Waals surface area contributed by atoms with Crippen molar-refractivity contribution < 1.29 is 0 Å². The van der Waals surface area contributed by atoms with Gasteiger partial charge in [-0.05, 0) is 32.4 Å². The van der Waals surface area contributed by atoms with Gasteiger partial charge in [0.25, 0.3) is 0 Å². The van der Waals surface area contributed by atoms with Gasteiger partial charge < -0.3 is 11.1 Å². The van der Waals surface area contributed by atoms with Gasteiger partial charge in [-0.25, -0.2) is 4.98 Å². The lowest BCUT2D eigenvalue weighted by atomic mass is 10.0. The molecule has 1 heterocycles. The van der Waals surface area contributed by atoms with Gasteiger partial charge in [0.15, 0.2) is 0 Å². The van der Waals surface area contributed by atoms with Gasteiger partial charge in [0.2, 0.25) is 0 Å². The molecule has 1 atom stereocenters. The molecule has 0 aliphatic rings. The van der Waals surface area contributed by atoms with E-state index in [0.717, 1.165) is 25.3 Å². The van der Waals surface area contributed by atoms with E-state index in [4.69, 9.17) is 5.73 Å². The Kier molecular flexibility index (Phi) is 5.83. The number of rotatable bonds is 7. The second-order valence-electron chi connectivity index (χ2n) is 3.90. The van der Waals surface area contributed by atoms with E-state index in [0.29, 0.717) is 5.92 Å². The van der Waals surface area contributed by atoms with E-state index >= 15 is 0 Å². The molecule has 3 nitrogen and oxygen atoms in total. The molecular formula is C11H21N3S. The molecule has 0 radical (unpaired) electrons. The molecule has 1 unspecified atom stereocenters. The van der Waals surface area contributed by atoms with Gasteiger partial charge in [-0.15, -0.1) is 11.3 Å². The van der Waals surface area contributed by atoms with Crippen LogP contribution in [0.1, 0.15) is 30.5 Å². The highest BCUT2D eigenvalue weighted by Crippen LogP contribution is 2.08. The van der Waals surface area contributed by atoms with Crippen LogP contribution in [0.2, 0.25) is 0 Å². The van der Waals surface area contributed by atoms with Crippen LogP contribution in [-0.2, 0) is 6.54 Å². The molecule has 1 aromatic rings. The SMILES string of the molecule is CCCC(CN)CNCc1nc(C)cs1. The van der Waals surface area contributed by atoms with Crippen LogP contribution in [0.15, 0.2) is 5.38 Å². The second-order valence-corrected chi connectivity index (χ2v) is 4.85. The van der Waals surface area contributed by atoms with Crippen molar-refractivity contribution in [1.82, 2.24) is 10.3 Å². The lowest BCUT2D eigenvalue weighted by Crippen LogP contribution is -2.27. The van der Waals surface area contributed by atoms with Crippen LogP contribution < -0.4 is 11.1 Å². The summed E-state index contributed by atoms with van der Waals surface area (Å²) in [5.41, 5.74) is 6.80. The van der Waals surface area contributed by atoms with Crippen LogP contribution in [-0.4, -0.2) is 18.1 Å². The molecule has 0 aromatic carbocycles. The van der Waals surface area contributed by atoms with E-state index in [9.17, 15) is 0 Å². The standard InChI is InChI=1S/C11H21N3S/c1-3-4-10(5-12)6-13-7-11-14-9(2)8-15-11/h8,10,13H,3-7,12H2,1-2H3. The number of aryl methyl sites for hydroxylation is 1. The topological polar surface area (TPSA) is 50.9 Å². The third-order valence-electron chi connectivity index (χ3n) is 2.41. The average Bonchev–Trinajstić information content (AvgIpc) is 2.63. The summed E-state index contributed by atoms with van der Waals surface area (Å²) in [5.74, 6) is 0.607. The lowest BCUT2D eigenvalue weighted by molar-refractivity contribution is 0.449. The molecule has 3 N–H and O–H groups in total. The summed E-state index contributed by atoms with van der Waals surface area (Å²) < 4.78 is 0. The molecule has 1 rings (SSSR count). The van der Waals surface area contributed by atoms with Crippen molar-refractivity contribution >= 4 is 11.3 Å². The van der Waals surface area contributed by atoms with E-state index in [1.807, 2.05) is 6.92 Å². The largest absolute Gasteiger partial charge is 0.330 e. The van der Waals surface area contributed by atoms with Crippen molar-refractivity contribution in [1.29, 1.82) is 0 Å². The van der Waals surface area contributed by atoms with E-state index in [1.165, 1.54) is 17.8 Å². The van der Waals surface area contributed by atoms with Gasteiger partial charge in [0.1, 0.15) is 5.01 Å². The molecule has 0 bridgehead atoms. The molecule has 0 spiro atoms. The average molecular weight is 227 g/mol. The number of aromatic nitrogens is 1. The van der Waals surface area contributed by atoms with Crippen molar-refractivity contribution in [3.63, 3.8) is 0 Å². The zero-order valence-corrected chi connectivity index (χ0v) is 10.4. The van der Waals surface area contributed by atoms with Crippen LogP contribution in [0, 0.1) is 12.8 Å². The van der Waals surface area contributed by atoms with Crippen LogP contribution in [0.5, 0.6) is 0 Å². The summed E-state index contributed by atoms with van der Waals surface area (Å²) in [6.07, 6.45) is 2.42. The highest BCUT2D eigenvalue weighted by molar-refractivity contribution is 7.09. The predicted molar refractivity (Wildman–Crippen MR) is 66.0 cm³/mol. The van der Waals surface area contributed by atoms with Crippen LogP contribution >= 0.6 is 11.3 Å². The molecule has 86 valence electrons. The summed E-state index contributed by atoms with van der Waals surface area (Å²) in [5, 5.41) is 6.67. The van der Waals surface area contributed by atoms with Crippen LogP contribution in [0.3, 0.4) is 0 Å². The quantitative estimate of drug-likeness (QED) is 0.748. The van der Waals surface area contributed by atoms with Gasteiger partial charge >= 0.3 is 0 Å². The van der Waals surface area contributed by atoms with E-state index in [-0.39, 0.29) is 0 Å². The summed E-state index contributed by atoms with van der Waals surface area (Å²) >= 11 is 1.72. The number of hydrogen-bond donors (Lipinski definition) is 2. The zero-order chi connectivity index (χ0) is 11.1. The first-order chi connectivity index (χ1) is 7.26. The van der Waals surface area contributed by atoms with E-state index < -0.39 is 0 Å². The number of hydrogen-bond acceptors (Lipinski definition) is 4. The predicted octanol–water partition coefficient (Wildman–Crippen LogP) is 1.92. The van der Waals surface area contributed by atoms with Crippen molar-refractivity contribution in [2.45, 2.75) is 33.2 Å². The van der Waals surface area contributed by atoms with Gasteiger partial charge in [0, 0.05) is 17.6 Å². The Hall–Kier alpha value is -0.450. The molecule has 0 aliphatic carbocycles. The van der Waals surface area contributed by atoms with Gasteiger partial charge in [-0.2, -0.15) is 0 Å². The summed E-state index contributed by atoms with van der Waals surface area (Å²) in [6.45, 7) is 6.88. The highest BCUT2D eigenvalue weighted by atomic mass is 32.1. The van der Waals surface area contributed by atoms with E-state index in [1.54, 1.807) is 11.3 Å². The molecule has 0 saturated heterocycles. The minimum absolute atomic E-state index is 0.607. The van der Waals surface area contributed by atoms with Crippen LogP contribution in [0.4, 0.5) is 0 Å². The summed E-state index contributed by atoms with van der Waals surface area (Å²) in [4.78, 5) is 4.40. The fraction of sp³-hybridized carbons (Fsp3) is 0.727. The Balaban J connectivity index is 2.20. The molecule has 1 aromatic heterocycles. The Morgan fingerprint density at radius 2 is 2.40 bits per heavy atom. The first-order valence-corrected chi connectivity index (χ1v) is 6.46. The molecule has 0 saturated carbocycles. The van der Waals surface area contributed by atoms with Crippen LogP contribution in [0.25, 0.3) is 0 Å². The third kappa shape index (κ3) is 4.73. The fourth-order valence-electron chi connectivity index (χ4n) is 1.58. The van der Waals surface area contributed by atoms with Gasteiger partial charge in [-0.3, -0.25) is 0 Å². The van der Waals surface area contributed by atoms with Crippen molar-refractivity contribution in [2.24, 2.45) is 11.7 Å². The monoisotopic (exact) mass is 227 g/mol. The first kappa shape index (κ1) is 12.6. The maximum atomic E-state index is 5.69. The number of nitrogens with two attached hydrogens (primary N) is 1. The maximum absolute atomic E-state index is 5.69. The fourth-order valence-corrected chi connectivity index (χ4v) is 2.32. The zero-order valence-electron chi connectivity index (χ0n) is 9.62. The molecule has 15 heavy (non-hydrogen) atoms. The van der Waals surface area contributed by atoms with E-state index in [2.05, 4.69) is 22.6 Å². The van der Waals surface area contributed by atoms with Crippen molar-refractivity contribution in [2.75, 3.05) is 13.1 Å². The number of nitrogens with zero attached hydrogens (tertiary/aromatic N) is 1. The summed E-state index contributed by atoms with van der Waals surface area (Å²) in [6, 6.07) is 0. The minimum atomic E-state index is 0.607. The molecular weight excluding hydrogens is 206 g/mol. The third-order valence-corrected chi connectivity index (χ3v) is 3.37. The first-order valence-electron chi connectivity index (χ1n) is 5.58. The Morgan fingerprint density at radius 3 is 2.93 bits per heavy atom.